The van der Waals surface area contributed by atoms with Gasteiger partial charge in [-0.1, -0.05) is 26.8 Å². The molecule has 3 atom stereocenters. The van der Waals surface area contributed by atoms with Gasteiger partial charge in [0, 0.05) is 25.1 Å². The van der Waals surface area contributed by atoms with E-state index in [1.165, 1.54) is 6.92 Å². The number of rotatable bonds is 7. The standard InChI is InChI=1S/C21H34N2O5SSi/c1-9-10-21(13-27-15(3)24)16(28-30(7,8)20(4,5)6)11-17(29-21)23-12-14(2)18(25)22-19(23)26/h9,12,16-17H,1,10-11,13H2,2-8H3,(H,22,25,26)/t16-,17+,21+/m0/s1. The summed E-state index contributed by atoms with van der Waals surface area (Å²) in [7, 11) is -2.14. The van der Waals surface area contributed by atoms with E-state index in [2.05, 4.69) is 45.4 Å². The fourth-order valence-electron chi connectivity index (χ4n) is 3.28. The van der Waals surface area contributed by atoms with Crippen molar-refractivity contribution in [3.8, 4) is 0 Å². The van der Waals surface area contributed by atoms with Gasteiger partial charge in [0.25, 0.3) is 5.56 Å². The maximum absolute atomic E-state index is 12.5. The topological polar surface area (TPSA) is 90.4 Å². The van der Waals surface area contributed by atoms with Crippen LogP contribution < -0.4 is 11.2 Å². The van der Waals surface area contributed by atoms with Crippen LogP contribution in [0.4, 0.5) is 0 Å². The molecule has 1 aliphatic rings. The molecule has 0 unspecified atom stereocenters. The number of hydrogen-bond donors (Lipinski definition) is 1. The second kappa shape index (κ2) is 8.88. The maximum atomic E-state index is 12.5. The Labute approximate surface area is 183 Å². The first-order valence-electron chi connectivity index (χ1n) is 10.1. The minimum absolute atomic E-state index is 0.00249. The lowest BCUT2D eigenvalue weighted by Gasteiger charge is -2.43. The average Bonchev–Trinajstić information content (AvgIpc) is 2.93. The van der Waals surface area contributed by atoms with Gasteiger partial charge in [0.05, 0.1) is 16.2 Å². The van der Waals surface area contributed by atoms with Gasteiger partial charge in [-0.15, -0.1) is 18.3 Å². The van der Waals surface area contributed by atoms with Crippen LogP contribution in [0.1, 0.15) is 51.5 Å². The van der Waals surface area contributed by atoms with E-state index in [9.17, 15) is 14.4 Å². The van der Waals surface area contributed by atoms with Crippen LogP contribution in [-0.2, 0) is 14.0 Å². The fourth-order valence-corrected chi connectivity index (χ4v) is 6.48. The largest absolute Gasteiger partial charge is 0.464 e. The number of carbonyl (C=O) groups is 1. The zero-order valence-electron chi connectivity index (χ0n) is 19.0. The van der Waals surface area contributed by atoms with Crippen LogP contribution in [0.5, 0.6) is 0 Å². The molecular weight excluding hydrogens is 420 g/mol. The summed E-state index contributed by atoms with van der Waals surface area (Å²) in [6.07, 6.45) is 4.31. The summed E-state index contributed by atoms with van der Waals surface area (Å²) in [6, 6.07) is 0. The van der Waals surface area contributed by atoms with Crippen molar-refractivity contribution in [3.63, 3.8) is 0 Å². The first-order chi connectivity index (χ1) is 13.7. The summed E-state index contributed by atoms with van der Waals surface area (Å²) in [6.45, 7) is 18.0. The molecule has 0 bridgehead atoms. The van der Waals surface area contributed by atoms with Gasteiger partial charge in [-0.2, -0.15) is 0 Å². The quantitative estimate of drug-likeness (QED) is 0.383. The summed E-state index contributed by atoms with van der Waals surface area (Å²) in [5.41, 5.74) is -0.361. The van der Waals surface area contributed by atoms with Gasteiger partial charge in [-0.05, 0) is 31.5 Å². The smallest absolute Gasteiger partial charge is 0.329 e. The van der Waals surface area contributed by atoms with Crippen LogP contribution in [-0.4, -0.2) is 41.3 Å². The molecule has 0 amide bonds. The molecule has 1 saturated heterocycles. The van der Waals surface area contributed by atoms with Crippen LogP contribution in [0.15, 0.2) is 28.4 Å². The molecule has 0 radical (unpaired) electrons. The number of thioether (sulfide) groups is 1. The zero-order chi connectivity index (χ0) is 22.9. The Balaban J connectivity index is 2.50. The van der Waals surface area contributed by atoms with E-state index in [-0.39, 0.29) is 34.7 Å². The summed E-state index contributed by atoms with van der Waals surface area (Å²) in [4.78, 5) is 38.3. The number of carbonyl (C=O) groups excluding carboxylic acids is 1. The third-order valence-electron chi connectivity index (χ3n) is 6.08. The van der Waals surface area contributed by atoms with Crippen molar-refractivity contribution in [2.75, 3.05) is 6.61 Å². The lowest BCUT2D eigenvalue weighted by molar-refractivity contribution is -0.142. The Bertz CT molecular complexity index is 917. The molecule has 0 spiro atoms. The number of aryl methyl sites for hydroxylation is 1. The van der Waals surface area contributed by atoms with Crippen LogP contribution in [0.2, 0.25) is 18.1 Å². The molecular formula is C21H34N2O5SSi. The highest BCUT2D eigenvalue weighted by atomic mass is 32.2. The van der Waals surface area contributed by atoms with Gasteiger partial charge in [-0.25, -0.2) is 4.79 Å². The molecule has 0 aliphatic carbocycles. The van der Waals surface area contributed by atoms with E-state index < -0.39 is 18.8 Å². The minimum Gasteiger partial charge on any atom is -0.464 e. The molecule has 0 aromatic carbocycles. The maximum Gasteiger partial charge on any atom is 0.329 e. The van der Waals surface area contributed by atoms with Crippen molar-refractivity contribution >= 4 is 26.0 Å². The minimum atomic E-state index is -2.14. The number of nitrogens with one attached hydrogen (secondary N) is 1. The van der Waals surface area contributed by atoms with E-state index in [0.29, 0.717) is 18.4 Å². The van der Waals surface area contributed by atoms with Gasteiger partial charge < -0.3 is 9.16 Å². The van der Waals surface area contributed by atoms with Crippen molar-refractivity contribution < 1.29 is 14.0 Å². The predicted octanol–water partition coefficient (Wildman–Crippen LogP) is 3.75. The Morgan fingerprint density at radius 2 is 2.07 bits per heavy atom. The molecule has 168 valence electrons. The highest BCUT2D eigenvalue weighted by Crippen LogP contribution is 2.54. The van der Waals surface area contributed by atoms with Gasteiger partial charge in [0.2, 0.25) is 0 Å². The third kappa shape index (κ3) is 5.18. The van der Waals surface area contributed by atoms with Gasteiger partial charge in [0.15, 0.2) is 8.32 Å². The number of nitrogens with zero attached hydrogens (tertiary/aromatic N) is 1. The Morgan fingerprint density at radius 3 is 2.60 bits per heavy atom. The molecule has 1 aromatic heterocycles. The van der Waals surface area contributed by atoms with E-state index in [1.807, 2.05) is 6.08 Å². The Morgan fingerprint density at radius 1 is 1.43 bits per heavy atom. The number of aromatic nitrogens is 2. The lowest BCUT2D eigenvalue weighted by atomic mass is 9.96. The summed E-state index contributed by atoms with van der Waals surface area (Å²) >= 11 is 1.56. The molecule has 7 nitrogen and oxygen atoms in total. The van der Waals surface area contributed by atoms with E-state index in [1.54, 1.807) is 29.4 Å². The molecule has 9 heteroatoms. The number of aromatic amines is 1. The average molecular weight is 455 g/mol. The van der Waals surface area contributed by atoms with Crippen LogP contribution in [0.25, 0.3) is 0 Å². The second-order valence-electron chi connectivity index (χ2n) is 9.49. The van der Waals surface area contributed by atoms with Gasteiger partial charge in [0.1, 0.15) is 6.61 Å². The number of esters is 1. The van der Waals surface area contributed by atoms with Crippen LogP contribution in [0.3, 0.4) is 0 Å². The van der Waals surface area contributed by atoms with Crippen molar-refractivity contribution in [1.82, 2.24) is 9.55 Å². The molecule has 1 N–H and O–H groups in total. The van der Waals surface area contributed by atoms with Crippen molar-refractivity contribution in [3.05, 3.63) is 45.3 Å². The molecule has 0 saturated carbocycles. The van der Waals surface area contributed by atoms with Crippen LogP contribution in [0, 0.1) is 6.92 Å². The summed E-state index contributed by atoms with van der Waals surface area (Å²) in [5, 5.41) is -0.249. The number of H-pyrrole nitrogens is 1. The highest BCUT2D eigenvalue weighted by molar-refractivity contribution is 8.01. The van der Waals surface area contributed by atoms with Crippen molar-refractivity contribution in [1.29, 1.82) is 0 Å². The molecule has 2 rings (SSSR count). The molecule has 30 heavy (non-hydrogen) atoms. The van der Waals surface area contributed by atoms with E-state index in [4.69, 9.17) is 9.16 Å². The third-order valence-corrected chi connectivity index (χ3v) is 12.3. The molecule has 1 aromatic rings. The zero-order valence-corrected chi connectivity index (χ0v) is 20.9. The SMILES string of the molecule is C=CC[C@]1(COC(C)=O)S[C@@H](n2cc(C)c(=O)[nH]c2=O)C[C@@H]1O[Si](C)(C)C(C)(C)C. The van der Waals surface area contributed by atoms with Crippen LogP contribution >= 0.6 is 11.8 Å². The lowest BCUT2D eigenvalue weighted by Crippen LogP contribution is -2.50. The van der Waals surface area contributed by atoms with Crippen molar-refractivity contribution in [2.24, 2.45) is 0 Å². The van der Waals surface area contributed by atoms with Crippen molar-refractivity contribution in [2.45, 2.75) is 81.8 Å². The second-order valence-corrected chi connectivity index (χ2v) is 15.8. The Hall–Kier alpha value is -1.58. The fraction of sp³-hybridized carbons (Fsp3) is 0.667. The van der Waals surface area contributed by atoms with E-state index >= 15 is 0 Å². The number of allylic oxidation sites excluding steroid dienone is 1. The molecule has 2 heterocycles. The monoisotopic (exact) mass is 454 g/mol. The summed E-state index contributed by atoms with van der Waals surface area (Å²) < 4.78 is 13.3. The first-order valence-corrected chi connectivity index (χ1v) is 13.9. The number of ether oxygens (including phenoxy) is 1. The summed E-state index contributed by atoms with van der Waals surface area (Å²) in [5.74, 6) is -0.356. The molecule has 1 fully saturated rings. The highest BCUT2D eigenvalue weighted by Gasteiger charge is 2.53. The van der Waals surface area contributed by atoms with E-state index in [0.717, 1.165) is 0 Å². The van der Waals surface area contributed by atoms with Gasteiger partial charge in [-0.3, -0.25) is 19.1 Å². The molecule has 1 aliphatic heterocycles. The first kappa shape index (κ1) is 24.7. The predicted molar refractivity (Wildman–Crippen MR) is 124 cm³/mol. The van der Waals surface area contributed by atoms with Gasteiger partial charge >= 0.3 is 11.7 Å². The number of hydrogen-bond acceptors (Lipinski definition) is 6. The Kier molecular flexibility index (Phi) is 7.31. The normalized spacial score (nSPS) is 24.6.